The minimum Gasteiger partial charge on any atom is -0.410 e. The molecule has 1 saturated heterocycles. The van der Waals surface area contributed by atoms with Crippen molar-refractivity contribution < 1.29 is 18.7 Å². The molecule has 9 heteroatoms. The van der Waals surface area contributed by atoms with E-state index in [2.05, 4.69) is 10.4 Å². The Morgan fingerprint density at radius 2 is 1.85 bits per heavy atom. The first-order valence-corrected chi connectivity index (χ1v) is 10.8. The topological polar surface area (TPSA) is 79.7 Å². The fourth-order valence-corrected chi connectivity index (χ4v) is 4.26. The van der Waals surface area contributed by atoms with Crippen LogP contribution in [0.5, 0.6) is 5.75 Å². The van der Waals surface area contributed by atoms with E-state index in [0.717, 1.165) is 24.2 Å². The highest BCUT2D eigenvalue weighted by Gasteiger charge is 2.35. The van der Waals surface area contributed by atoms with Crippen molar-refractivity contribution in [1.29, 1.82) is 0 Å². The second kappa shape index (κ2) is 8.32. The SMILES string of the molecule is CC(=O)N1c2ccc(-c3cnn(C4CNC4)c3)cc2N(C(=O)Oc2ccc(F)cc2)C[C@@H]1C. The van der Waals surface area contributed by atoms with Crippen LogP contribution in [0.15, 0.2) is 54.9 Å². The van der Waals surface area contributed by atoms with E-state index < -0.39 is 11.9 Å². The Morgan fingerprint density at radius 1 is 1.09 bits per heavy atom. The summed E-state index contributed by atoms with van der Waals surface area (Å²) in [6.07, 6.45) is 3.20. The molecule has 0 radical (unpaired) electrons. The number of carbonyl (C=O) groups excluding carboxylic acids is 2. The second-order valence-corrected chi connectivity index (χ2v) is 8.40. The maximum absolute atomic E-state index is 13.2. The van der Waals surface area contributed by atoms with Gasteiger partial charge < -0.3 is 15.0 Å². The molecule has 33 heavy (non-hydrogen) atoms. The fraction of sp³-hybridized carbons (Fsp3) is 0.292. The fourth-order valence-electron chi connectivity index (χ4n) is 4.26. The molecule has 2 amide bonds. The van der Waals surface area contributed by atoms with Crippen LogP contribution in [-0.2, 0) is 4.79 Å². The van der Waals surface area contributed by atoms with Gasteiger partial charge in [0.15, 0.2) is 0 Å². The molecule has 1 atom stereocenters. The molecular formula is C24H24FN5O3. The zero-order valence-electron chi connectivity index (χ0n) is 18.4. The van der Waals surface area contributed by atoms with Crippen molar-refractivity contribution in [3.8, 4) is 16.9 Å². The average molecular weight is 449 g/mol. The largest absolute Gasteiger partial charge is 0.419 e. The Balaban J connectivity index is 1.50. The highest BCUT2D eigenvalue weighted by Crippen LogP contribution is 2.39. The molecule has 2 aliphatic heterocycles. The molecule has 8 nitrogen and oxygen atoms in total. The zero-order chi connectivity index (χ0) is 23.1. The Bertz CT molecular complexity index is 1210. The molecule has 5 rings (SSSR count). The molecular weight excluding hydrogens is 425 g/mol. The van der Waals surface area contributed by atoms with E-state index in [0.29, 0.717) is 17.4 Å². The highest BCUT2D eigenvalue weighted by atomic mass is 19.1. The lowest BCUT2D eigenvalue weighted by atomic mass is 10.0. The predicted molar refractivity (Wildman–Crippen MR) is 122 cm³/mol. The number of halogens is 1. The maximum Gasteiger partial charge on any atom is 0.419 e. The van der Waals surface area contributed by atoms with Crippen LogP contribution in [0.4, 0.5) is 20.6 Å². The first-order chi connectivity index (χ1) is 15.9. The summed E-state index contributed by atoms with van der Waals surface area (Å²) in [5.41, 5.74) is 3.01. The third-order valence-electron chi connectivity index (χ3n) is 6.06. The van der Waals surface area contributed by atoms with Crippen LogP contribution in [0.3, 0.4) is 0 Å². The number of hydrogen-bond donors (Lipinski definition) is 1. The van der Waals surface area contributed by atoms with E-state index in [4.69, 9.17) is 4.74 Å². The van der Waals surface area contributed by atoms with E-state index >= 15 is 0 Å². The summed E-state index contributed by atoms with van der Waals surface area (Å²) in [4.78, 5) is 28.7. The van der Waals surface area contributed by atoms with E-state index in [1.165, 1.54) is 36.1 Å². The van der Waals surface area contributed by atoms with Crippen LogP contribution in [0, 0.1) is 5.82 Å². The van der Waals surface area contributed by atoms with Crippen LogP contribution >= 0.6 is 0 Å². The molecule has 1 aromatic heterocycles. The van der Waals surface area contributed by atoms with Gasteiger partial charge in [-0.3, -0.25) is 14.4 Å². The summed E-state index contributed by atoms with van der Waals surface area (Å²) < 4.78 is 20.7. The molecule has 3 aromatic rings. The van der Waals surface area contributed by atoms with Crippen molar-refractivity contribution >= 4 is 23.4 Å². The van der Waals surface area contributed by atoms with Crippen LogP contribution in [-0.4, -0.2) is 47.5 Å². The van der Waals surface area contributed by atoms with E-state index in [1.54, 1.807) is 11.1 Å². The number of rotatable bonds is 3. The normalized spacial score (nSPS) is 18.0. The van der Waals surface area contributed by atoms with Gasteiger partial charge in [0, 0.05) is 38.3 Å². The lowest BCUT2D eigenvalue weighted by Crippen LogP contribution is -2.52. The molecule has 2 aliphatic rings. The lowest BCUT2D eigenvalue weighted by molar-refractivity contribution is -0.117. The van der Waals surface area contributed by atoms with Crippen LogP contribution in [0.1, 0.15) is 19.9 Å². The number of fused-ring (bicyclic) bond motifs is 1. The number of nitrogens with zero attached hydrogens (tertiary/aromatic N) is 4. The third-order valence-corrected chi connectivity index (χ3v) is 6.06. The molecule has 0 aliphatic carbocycles. The quantitative estimate of drug-likeness (QED) is 0.661. The van der Waals surface area contributed by atoms with Gasteiger partial charge in [0.25, 0.3) is 0 Å². The highest BCUT2D eigenvalue weighted by molar-refractivity contribution is 6.03. The summed E-state index contributed by atoms with van der Waals surface area (Å²) in [5, 5.41) is 7.71. The van der Waals surface area contributed by atoms with Gasteiger partial charge in [0.2, 0.25) is 5.91 Å². The predicted octanol–water partition coefficient (Wildman–Crippen LogP) is 3.59. The molecule has 3 heterocycles. The van der Waals surface area contributed by atoms with Gasteiger partial charge in [-0.2, -0.15) is 5.10 Å². The Kier molecular flexibility index (Phi) is 5.33. The first kappa shape index (κ1) is 21.1. The van der Waals surface area contributed by atoms with Gasteiger partial charge >= 0.3 is 6.09 Å². The molecule has 1 fully saturated rings. The first-order valence-electron chi connectivity index (χ1n) is 10.8. The number of ether oxygens (including phenoxy) is 1. The van der Waals surface area contributed by atoms with Gasteiger partial charge in [-0.25, -0.2) is 9.18 Å². The number of benzene rings is 2. The van der Waals surface area contributed by atoms with Crippen LogP contribution < -0.4 is 19.9 Å². The Morgan fingerprint density at radius 3 is 2.52 bits per heavy atom. The monoisotopic (exact) mass is 449 g/mol. The molecule has 0 saturated carbocycles. The van der Waals surface area contributed by atoms with E-state index in [-0.39, 0.29) is 24.2 Å². The van der Waals surface area contributed by atoms with Gasteiger partial charge in [0.1, 0.15) is 11.6 Å². The summed E-state index contributed by atoms with van der Waals surface area (Å²) in [5.74, 6) is -0.267. The summed E-state index contributed by atoms with van der Waals surface area (Å²) in [6, 6.07) is 11.0. The summed E-state index contributed by atoms with van der Waals surface area (Å²) in [7, 11) is 0. The standard InChI is InChI=1S/C24H24FN5O3/c1-15-13-28(24(32)33-21-6-4-19(25)5-7-21)23-9-17(3-8-22(23)30(15)16(2)31)18-10-27-29(14-18)20-11-26-12-20/h3-10,14-15,20,26H,11-13H2,1-2H3/t15-/m0/s1. The number of aromatic nitrogens is 2. The van der Waals surface area contributed by atoms with Crippen LogP contribution in [0.2, 0.25) is 0 Å². The third kappa shape index (κ3) is 3.95. The lowest BCUT2D eigenvalue weighted by Gasteiger charge is -2.40. The molecule has 0 unspecified atom stereocenters. The molecule has 0 spiro atoms. The van der Waals surface area contributed by atoms with Gasteiger partial charge in [-0.15, -0.1) is 0 Å². The molecule has 1 N–H and O–H groups in total. The van der Waals surface area contributed by atoms with Crippen molar-refractivity contribution in [2.24, 2.45) is 0 Å². The average Bonchev–Trinajstić information content (AvgIpc) is 3.22. The minimum atomic E-state index is -0.591. The molecule has 2 aromatic carbocycles. The second-order valence-electron chi connectivity index (χ2n) is 8.40. The van der Waals surface area contributed by atoms with Crippen molar-refractivity contribution in [3.63, 3.8) is 0 Å². The number of carbonyl (C=O) groups is 2. The Hall–Kier alpha value is -3.72. The van der Waals surface area contributed by atoms with Crippen molar-refractivity contribution in [2.45, 2.75) is 25.9 Å². The molecule has 170 valence electrons. The Labute approximate surface area is 190 Å². The van der Waals surface area contributed by atoms with Gasteiger partial charge in [-0.05, 0) is 48.9 Å². The van der Waals surface area contributed by atoms with Gasteiger partial charge in [0.05, 0.1) is 29.7 Å². The van der Waals surface area contributed by atoms with Crippen molar-refractivity contribution in [1.82, 2.24) is 15.1 Å². The maximum atomic E-state index is 13.2. The van der Waals surface area contributed by atoms with Crippen molar-refractivity contribution in [3.05, 3.63) is 60.7 Å². The smallest absolute Gasteiger partial charge is 0.410 e. The summed E-state index contributed by atoms with van der Waals surface area (Å²) >= 11 is 0. The molecule has 0 bridgehead atoms. The number of nitrogens with one attached hydrogen (secondary N) is 1. The van der Waals surface area contributed by atoms with Crippen molar-refractivity contribution in [2.75, 3.05) is 29.4 Å². The number of anilines is 2. The van der Waals surface area contributed by atoms with E-state index in [1.807, 2.05) is 36.0 Å². The minimum absolute atomic E-state index is 0.103. The number of hydrogen-bond acceptors (Lipinski definition) is 5. The van der Waals surface area contributed by atoms with Crippen LogP contribution in [0.25, 0.3) is 11.1 Å². The number of amides is 2. The van der Waals surface area contributed by atoms with Gasteiger partial charge in [-0.1, -0.05) is 6.07 Å². The zero-order valence-corrected chi connectivity index (χ0v) is 18.4. The van der Waals surface area contributed by atoms with E-state index in [9.17, 15) is 14.0 Å². The summed E-state index contributed by atoms with van der Waals surface area (Å²) in [6.45, 7) is 5.44.